The van der Waals surface area contributed by atoms with Gasteiger partial charge >= 0.3 is 6.03 Å². The minimum atomic E-state index is -0.669. The molecule has 0 radical (unpaired) electrons. The van der Waals surface area contributed by atoms with Gasteiger partial charge in [-0.05, 0) is 51.2 Å². The van der Waals surface area contributed by atoms with Crippen molar-refractivity contribution in [3.8, 4) is 0 Å². The van der Waals surface area contributed by atoms with Gasteiger partial charge in [-0.2, -0.15) is 0 Å². The van der Waals surface area contributed by atoms with Crippen molar-refractivity contribution in [3.05, 3.63) is 0 Å². The maximum Gasteiger partial charge on any atom is 0.322 e. The summed E-state index contributed by atoms with van der Waals surface area (Å²) in [5, 5.41) is 8.63. The second-order valence-corrected chi connectivity index (χ2v) is 6.04. The first-order chi connectivity index (χ1) is 9.18. The number of imide groups is 1. The lowest BCUT2D eigenvalue weighted by atomic mass is 9.88. The lowest BCUT2D eigenvalue weighted by Gasteiger charge is -2.40. The van der Waals surface area contributed by atoms with Crippen molar-refractivity contribution in [1.29, 1.82) is 0 Å². The molecule has 1 spiro atoms. The standard InChI is InChI=1S/C13H22N4O2/c18-11-13(16-12(19)15-11)4-2-6-17(9-13)8-10-3-1-5-14-7-10/h10,14H,1-9H2,(H2,15,16,18,19). The van der Waals surface area contributed by atoms with Gasteiger partial charge in [0.1, 0.15) is 5.54 Å². The third-order valence-corrected chi connectivity index (χ3v) is 4.50. The Hall–Kier alpha value is -1.14. The quantitative estimate of drug-likeness (QED) is 0.598. The lowest BCUT2D eigenvalue weighted by Crippen LogP contribution is -2.59. The Bertz CT molecular complexity index is 381. The summed E-state index contributed by atoms with van der Waals surface area (Å²) in [5.41, 5.74) is -0.669. The number of urea groups is 1. The molecule has 0 aliphatic carbocycles. The number of nitrogens with one attached hydrogen (secondary N) is 3. The van der Waals surface area contributed by atoms with E-state index in [1.807, 2.05) is 0 Å². The molecule has 0 aromatic carbocycles. The van der Waals surface area contributed by atoms with Gasteiger partial charge in [-0.15, -0.1) is 0 Å². The highest BCUT2D eigenvalue weighted by Crippen LogP contribution is 2.25. The van der Waals surface area contributed by atoms with Crippen LogP contribution in [0.1, 0.15) is 25.7 Å². The van der Waals surface area contributed by atoms with Crippen molar-refractivity contribution < 1.29 is 9.59 Å². The molecular weight excluding hydrogens is 244 g/mol. The summed E-state index contributed by atoms with van der Waals surface area (Å²) in [6.45, 7) is 4.90. The fourth-order valence-electron chi connectivity index (χ4n) is 3.56. The van der Waals surface area contributed by atoms with E-state index in [4.69, 9.17) is 0 Å². The summed E-state index contributed by atoms with van der Waals surface area (Å²) < 4.78 is 0. The van der Waals surface area contributed by atoms with Gasteiger partial charge in [0.25, 0.3) is 5.91 Å². The number of hydrogen-bond donors (Lipinski definition) is 3. The van der Waals surface area contributed by atoms with E-state index in [2.05, 4.69) is 20.9 Å². The van der Waals surface area contributed by atoms with Crippen molar-refractivity contribution in [1.82, 2.24) is 20.9 Å². The molecule has 0 aromatic heterocycles. The third-order valence-electron chi connectivity index (χ3n) is 4.50. The van der Waals surface area contributed by atoms with Crippen LogP contribution in [0.4, 0.5) is 4.79 Å². The van der Waals surface area contributed by atoms with Crippen molar-refractivity contribution in [2.75, 3.05) is 32.7 Å². The van der Waals surface area contributed by atoms with Gasteiger partial charge in [-0.1, -0.05) is 0 Å². The minimum absolute atomic E-state index is 0.149. The monoisotopic (exact) mass is 266 g/mol. The van der Waals surface area contributed by atoms with Gasteiger partial charge in [-0.25, -0.2) is 4.79 Å². The average Bonchev–Trinajstić information content (AvgIpc) is 2.65. The molecule has 6 heteroatoms. The van der Waals surface area contributed by atoms with Gasteiger partial charge < -0.3 is 15.5 Å². The number of rotatable bonds is 2. The highest BCUT2D eigenvalue weighted by Gasteiger charge is 2.48. The topological polar surface area (TPSA) is 73.5 Å². The number of likely N-dealkylation sites (tertiary alicyclic amines) is 1. The lowest BCUT2D eigenvalue weighted by molar-refractivity contribution is -0.126. The van der Waals surface area contributed by atoms with Crippen LogP contribution in [-0.2, 0) is 4.79 Å². The molecule has 2 atom stereocenters. The van der Waals surface area contributed by atoms with E-state index < -0.39 is 5.54 Å². The molecule has 3 N–H and O–H groups in total. The van der Waals surface area contributed by atoms with Crippen LogP contribution in [0.15, 0.2) is 0 Å². The summed E-state index contributed by atoms with van der Waals surface area (Å²) in [6.07, 6.45) is 4.22. The molecular formula is C13H22N4O2. The van der Waals surface area contributed by atoms with Crippen molar-refractivity contribution >= 4 is 11.9 Å². The highest BCUT2D eigenvalue weighted by molar-refractivity contribution is 6.07. The number of carbonyl (C=O) groups is 2. The van der Waals surface area contributed by atoms with Crippen molar-refractivity contribution in [3.63, 3.8) is 0 Å². The number of nitrogens with zero attached hydrogens (tertiary/aromatic N) is 1. The van der Waals surface area contributed by atoms with Gasteiger partial charge in [0, 0.05) is 13.1 Å². The summed E-state index contributed by atoms with van der Waals surface area (Å²) >= 11 is 0. The van der Waals surface area contributed by atoms with E-state index in [1.54, 1.807) is 0 Å². The van der Waals surface area contributed by atoms with E-state index in [0.29, 0.717) is 12.5 Å². The molecule has 0 saturated carbocycles. The Kier molecular flexibility index (Phi) is 3.45. The molecule has 2 unspecified atom stereocenters. The first kappa shape index (κ1) is 12.9. The minimum Gasteiger partial charge on any atom is -0.322 e. The van der Waals surface area contributed by atoms with Crippen LogP contribution in [0.3, 0.4) is 0 Å². The fourth-order valence-corrected chi connectivity index (χ4v) is 3.56. The molecule has 3 fully saturated rings. The summed E-state index contributed by atoms with van der Waals surface area (Å²) in [4.78, 5) is 25.7. The number of hydrogen-bond acceptors (Lipinski definition) is 4. The molecule has 6 nitrogen and oxygen atoms in total. The Morgan fingerprint density at radius 2 is 2.21 bits per heavy atom. The molecule has 19 heavy (non-hydrogen) atoms. The molecule has 3 aliphatic rings. The smallest absolute Gasteiger partial charge is 0.322 e. The van der Waals surface area contributed by atoms with E-state index in [-0.39, 0.29) is 11.9 Å². The Morgan fingerprint density at radius 1 is 1.32 bits per heavy atom. The van der Waals surface area contributed by atoms with Crippen LogP contribution in [0.2, 0.25) is 0 Å². The number of carbonyl (C=O) groups excluding carboxylic acids is 2. The number of piperidine rings is 2. The van der Waals surface area contributed by atoms with Crippen molar-refractivity contribution in [2.45, 2.75) is 31.2 Å². The maximum atomic E-state index is 12.0. The molecule has 3 amide bonds. The average molecular weight is 266 g/mol. The molecule has 106 valence electrons. The molecule has 0 aromatic rings. The molecule has 3 heterocycles. The molecule has 3 rings (SSSR count). The first-order valence-electron chi connectivity index (χ1n) is 7.25. The van der Waals surface area contributed by atoms with Gasteiger partial charge in [0.15, 0.2) is 0 Å². The second-order valence-electron chi connectivity index (χ2n) is 6.04. The molecule has 0 bridgehead atoms. The van der Waals surface area contributed by atoms with Gasteiger partial charge in [0.2, 0.25) is 0 Å². The van der Waals surface area contributed by atoms with Gasteiger partial charge in [-0.3, -0.25) is 10.1 Å². The Labute approximate surface area is 113 Å². The van der Waals surface area contributed by atoms with Crippen LogP contribution in [-0.4, -0.2) is 55.1 Å². The summed E-state index contributed by atoms with van der Waals surface area (Å²) in [7, 11) is 0. The predicted octanol–water partition coefficient (Wildman–Crippen LogP) is -0.340. The normalized spacial score (nSPS) is 36.3. The van der Waals surface area contributed by atoms with E-state index >= 15 is 0 Å². The van der Waals surface area contributed by atoms with Crippen LogP contribution >= 0.6 is 0 Å². The molecule has 3 saturated heterocycles. The van der Waals surface area contributed by atoms with E-state index in [0.717, 1.165) is 39.0 Å². The van der Waals surface area contributed by atoms with Crippen molar-refractivity contribution in [2.24, 2.45) is 5.92 Å². The first-order valence-corrected chi connectivity index (χ1v) is 7.25. The van der Waals surface area contributed by atoms with Crippen LogP contribution in [0.5, 0.6) is 0 Å². The molecule has 3 aliphatic heterocycles. The third kappa shape index (κ3) is 2.60. The summed E-state index contributed by atoms with van der Waals surface area (Å²) in [6, 6.07) is -0.341. The highest BCUT2D eigenvalue weighted by atomic mass is 16.2. The van der Waals surface area contributed by atoms with Crippen LogP contribution in [0, 0.1) is 5.92 Å². The van der Waals surface area contributed by atoms with Crippen LogP contribution < -0.4 is 16.0 Å². The van der Waals surface area contributed by atoms with Gasteiger partial charge in [0.05, 0.1) is 0 Å². The predicted molar refractivity (Wildman–Crippen MR) is 70.7 cm³/mol. The van der Waals surface area contributed by atoms with E-state index in [9.17, 15) is 9.59 Å². The van der Waals surface area contributed by atoms with Crippen LogP contribution in [0.25, 0.3) is 0 Å². The largest absolute Gasteiger partial charge is 0.322 e. The van der Waals surface area contributed by atoms with E-state index in [1.165, 1.54) is 12.8 Å². The fraction of sp³-hybridized carbons (Fsp3) is 0.846. The Morgan fingerprint density at radius 3 is 2.89 bits per heavy atom. The zero-order valence-electron chi connectivity index (χ0n) is 11.2. The SMILES string of the molecule is O=C1NC(=O)C2(CCCN(CC3CCCNC3)C2)N1. The zero-order chi connectivity index (χ0) is 13.3. The Balaban J connectivity index is 1.61. The zero-order valence-corrected chi connectivity index (χ0v) is 11.2. The maximum absolute atomic E-state index is 12.0. The summed E-state index contributed by atoms with van der Waals surface area (Å²) in [5.74, 6) is 0.521. The number of amides is 3. The second kappa shape index (κ2) is 5.09.